The normalized spacial score (nSPS) is 16.9. The monoisotopic (exact) mass is 574 g/mol. The number of nitrogens with zero attached hydrogens (tertiary/aromatic N) is 4. The van der Waals surface area contributed by atoms with Crippen LogP contribution in [0.1, 0.15) is 25.3 Å². The lowest BCUT2D eigenvalue weighted by atomic mass is 10.1. The molecule has 212 valence electrons. The molecule has 0 radical (unpaired) electrons. The number of nitrogens with two attached hydrogens (primary N) is 1. The van der Waals surface area contributed by atoms with Crippen molar-refractivity contribution in [2.45, 2.75) is 31.3 Å². The molecular formula is C26H19F5N6O4. The highest BCUT2D eigenvalue weighted by molar-refractivity contribution is 5.98. The molecular weight excluding hydrogens is 555 g/mol. The molecule has 0 saturated heterocycles. The lowest BCUT2D eigenvalue weighted by Crippen LogP contribution is -2.31. The Bertz CT molecular complexity index is 1700. The fraction of sp³-hybridized carbons (Fsp3) is 0.192. The third-order valence-corrected chi connectivity index (χ3v) is 6.48. The van der Waals surface area contributed by atoms with Gasteiger partial charge in [0, 0.05) is 35.9 Å². The zero-order valence-corrected chi connectivity index (χ0v) is 20.7. The molecule has 0 aliphatic heterocycles. The summed E-state index contributed by atoms with van der Waals surface area (Å²) in [6.07, 6.45) is 4.34. The maximum atomic E-state index is 15.3. The molecule has 4 aromatic rings. The molecule has 1 aliphatic rings. The molecule has 1 saturated carbocycles. The van der Waals surface area contributed by atoms with Crippen molar-refractivity contribution in [3.63, 3.8) is 0 Å². The van der Waals surface area contributed by atoms with Crippen LogP contribution >= 0.6 is 0 Å². The van der Waals surface area contributed by atoms with E-state index >= 15 is 4.39 Å². The lowest BCUT2D eigenvalue weighted by molar-refractivity contribution is -0.131. The Morgan fingerprint density at radius 1 is 1.02 bits per heavy atom. The molecule has 4 N–H and O–H groups in total. The van der Waals surface area contributed by atoms with Gasteiger partial charge in [0.1, 0.15) is 29.4 Å². The van der Waals surface area contributed by atoms with E-state index in [0.29, 0.717) is 19.3 Å². The minimum atomic E-state index is -1.79. The molecule has 2 heterocycles. The Morgan fingerprint density at radius 2 is 1.76 bits per heavy atom. The number of carbonyl (C=O) groups excluding carboxylic acids is 1. The van der Waals surface area contributed by atoms with E-state index in [1.807, 2.05) is 0 Å². The topological polar surface area (TPSA) is 145 Å². The number of benzene rings is 2. The van der Waals surface area contributed by atoms with Gasteiger partial charge in [0.25, 0.3) is 0 Å². The minimum absolute atomic E-state index is 0.00277. The van der Waals surface area contributed by atoms with Crippen LogP contribution in [0.4, 0.5) is 27.8 Å². The summed E-state index contributed by atoms with van der Waals surface area (Å²) in [7, 11) is 0. The first kappa shape index (κ1) is 27.5. The summed E-state index contributed by atoms with van der Waals surface area (Å²) in [5.74, 6) is -11.6. The summed E-state index contributed by atoms with van der Waals surface area (Å²) in [6, 6.07) is 2.49. The van der Waals surface area contributed by atoms with Crippen molar-refractivity contribution in [3.8, 4) is 22.8 Å². The third-order valence-electron chi connectivity index (χ3n) is 6.48. The van der Waals surface area contributed by atoms with E-state index in [-0.39, 0.29) is 46.3 Å². The van der Waals surface area contributed by atoms with Gasteiger partial charge < -0.3 is 20.9 Å². The summed E-state index contributed by atoms with van der Waals surface area (Å²) in [5.41, 5.74) is 6.32. The lowest BCUT2D eigenvalue weighted by Gasteiger charge is -2.13. The van der Waals surface area contributed by atoms with Crippen LogP contribution in [-0.4, -0.2) is 42.8 Å². The smallest absolute Gasteiger partial charge is 0.328 e. The van der Waals surface area contributed by atoms with Gasteiger partial charge in [0.15, 0.2) is 17.3 Å². The van der Waals surface area contributed by atoms with Crippen molar-refractivity contribution in [1.82, 2.24) is 25.1 Å². The van der Waals surface area contributed by atoms with Gasteiger partial charge in [-0.25, -0.2) is 32.6 Å². The highest BCUT2D eigenvalue weighted by atomic mass is 19.2. The zero-order chi connectivity index (χ0) is 29.4. The van der Waals surface area contributed by atoms with Gasteiger partial charge in [-0.05, 0) is 31.4 Å². The van der Waals surface area contributed by atoms with Crippen molar-refractivity contribution in [1.29, 1.82) is 0 Å². The summed E-state index contributed by atoms with van der Waals surface area (Å²) < 4.78 is 76.9. The Labute approximate surface area is 227 Å². The molecule has 0 bridgehead atoms. The van der Waals surface area contributed by atoms with Crippen molar-refractivity contribution in [2.24, 2.45) is 0 Å². The Balaban J connectivity index is 1.45. The number of carboxylic acids is 1. The maximum absolute atomic E-state index is 15.3. The number of aromatic nitrogens is 4. The number of hydrogen-bond acceptors (Lipinski definition) is 7. The number of nitrogens with one attached hydrogen (secondary N) is 1. The molecule has 41 heavy (non-hydrogen) atoms. The van der Waals surface area contributed by atoms with E-state index in [4.69, 9.17) is 15.6 Å². The van der Waals surface area contributed by atoms with Gasteiger partial charge in [0.05, 0.1) is 11.4 Å². The van der Waals surface area contributed by atoms with Crippen LogP contribution < -0.4 is 15.8 Å². The van der Waals surface area contributed by atoms with Gasteiger partial charge in [-0.3, -0.25) is 4.79 Å². The van der Waals surface area contributed by atoms with Crippen LogP contribution in [0.2, 0.25) is 0 Å². The molecule has 1 aliphatic carbocycles. The molecule has 2 aromatic heterocycles. The summed E-state index contributed by atoms with van der Waals surface area (Å²) in [6.45, 7) is 0. The Morgan fingerprint density at radius 3 is 2.44 bits per heavy atom. The predicted molar refractivity (Wildman–Crippen MR) is 133 cm³/mol. The Hall–Kier alpha value is -5.08. The van der Waals surface area contributed by atoms with Crippen LogP contribution in [0, 0.1) is 29.1 Å². The number of carbonyl (C=O) groups is 2. The fourth-order valence-electron chi connectivity index (χ4n) is 4.66. The second-order valence-electron chi connectivity index (χ2n) is 9.14. The second-order valence-corrected chi connectivity index (χ2v) is 9.14. The molecule has 15 heteroatoms. The fourth-order valence-corrected chi connectivity index (χ4v) is 4.66. The Kier molecular flexibility index (Phi) is 7.26. The highest BCUT2D eigenvalue weighted by Gasteiger charge is 2.31. The average Bonchev–Trinajstić information content (AvgIpc) is 3.54. The van der Waals surface area contributed by atoms with Crippen LogP contribution in [0.3, 0.4) is 0 Å². The van der Waals surface area contributed by atoms with Crippen molar-refractivity contribution < 1.29 is 41.4 Å². The molecule has 0 spiro atoms. The number of nitrogen functional groups attached to an aromatic ring is 1. The number of anilines is 1. The molecule has 0 unspecified atom stereocenters. The van der Waals surface area contributed by atoms with E-state index in [1.165, 1.54) is 17.1 Å². The summed E-state index contributed by atoms with van der Waals surface area (Å²) in [5, 5.41) is 16.2. The van der Waals surface area contributed by atoms with E-state index in [2.05, 4.69) is 20.4 Å². The van der Waals surface area contributed by atoms with Crippen molar-refractivity contribution in [3.05, 3.63) is 71.8 Å². The molecule has 1 fully saturated rings. The molecule has 1 amide bonds. The van der Waals surface area contributed by atoms with Crippen molar-refractivity contribution >= 4 is 28.7 Å². The standard InChI is InChI=1S/C26H19F5N6O4/c27-15-8-13(41-24-21(30)16(28)9-17(29)22(24)31)3-4-14(15)23-20-25(32)33-10-34-26(20)37(36-23)12-2-1-11(7-12)35-18(38)5-6-19(39)40/h3-6,8-12H,1-2,7H2,(H,35,38)(H,39,40)(H2,32,33,34)/b6-5+/t11-,12-/m0/s1. The number of hydrogen-bond donors (Lipinski definition) is 3. The van der Waals surface area contributed by atoms with Crippen LogP contribution in [0.15, 0.2) is 42.7 Å². The average molecular weight is 574 g/mol. The first-order valence-corrected chi connectivity index (χ1v) is 12.0. The van der Waals surface area contributed by atoms with Crippen LogP contribution in [0.25, 0.3) is 22.3 Å². The van der Waals surface area contributed by atoms with Gasteiger partial charge in [-0.15, -0.1) is 0 Å². The van der Waals surface area contributed by atoms with Gasteiger partial charge in [-0.1, -0.05) is 0 Å². The quantitative estimate of drug-likeness (QED) is 0.167. The highest BCUT2D eigenvalue weighted by Crippen LogP contribution is 2.39. The van der Waals surface area contributed by atoms with Gasteiger partial charge in [-0.2, -0.15) is 13.9 Å². The molecule has 2 aromatic carbocycles. The first-order chi connectivity index (χ1) is 19.5. The largest absolute Gasteiger partial charge is 0.478 e. The number of fused-ring (bicyclic) bond motifs is 1. The number of halogens is 5. The molecule has 10 nitrogen and oxygen atoms in total. The predicted octanol–water partition coefficient (Wildman–Crippen LogP) is 4.41. The van der Waals surface area contributed by atoms with E-state index in [1.54, 1.807) is 0 Å². The SMILES string of the molecule is Nc1ncnc2c1c(-c1ccc(Oc3c(F)c(F)cc(F)c3F)cc1F)nn2[C@H]1CC[C@H](NC(=O)/C=C/C(=O)O)C1. The van der Waals surface area contributed by atoms with Crippen LogP contribution in [0.5, 0.6) is 11.5 Å². The molecule has 2 atom stereocenters. The van der Waals surface area contributed by atoms with Crippen molar-refractivity contribution in [2.75, 3.05) is 5.73 Å². The number of rotatable bonds is 7. The number of amides is 1. The van der Waals surface area contributed by atoms with Gasteiger partial charge in [0.2, 0.25) is 23.3 Å². The first-order valence-electron chi connectivity index (χ1n) is 12.0. The maximum Gasteiger partial charge on any atom is 0.328 e. The van der Waals surface area contributed by atoms with E-state index in [9.17, 15) is 27.2 Å². The molecule has 5 rings (SSSR count). The van der Waals surface area contributed by atoms with E-state index in [0.717, 1.165) is 24.3 Å². The number of carboxylic acid groups (broad SMARTS) is 1. The number of ether oxygens (including phenoxy) is 1. The zero-order valence-electron chi connectivity index (χ0n) is 20.7. The summed E-state index contributed by atoms with van der Waals surface area (Å²) in [4.78, 5) is 30.8. The van der Waals surface area contributed by atoms with Gasteiger partial charge >= 0.3 is 5.97 Å². The second kappa shape index (κ2) is 10.8. The number of aliphatic carboxylic acids is 1. The third kappa shape index (κ3) is 5.37. The minimum Gasteiger partial charge on any atom is -0.478 e. The summed E-state index contributed by atoms with van der Waals surface area (Å²) >= 11 is 0. The van der Waals surface area contributed by atoms with Crippen LogP contribution in [-0.2, 0) is 9.59 Å². The van der Waals surface area contributed by atoms with E-state index < -0.39 is 52.5 Å².